The number of para-hydroxylation sites is 2. The van der Waals surface area contributed by atoms with Gasteiger partial charge in [0.1, 0.15) is 11.6 Å². The number of fused-ring (bicyclic) bond motifs is 1. The van der Waals surface area contributed by atoms with Crippen molar-refractivity contribution in [3.8, 4) is 11.4 Å². The zero-order chi connectivity index (χ0) is 19.5. The quantitative estimate of drug-likeness (QED) is 0.379. The average molecular weight is 480 g/mol. The number of hydrogen-bond donors (Lipinski definition) is 0. The largest absolute Gasteiger partial charge is 0.495 e. The molecule has 0 atom stereocenters. The first kappa shape index (κ1) is 18.4. The molecule has 0 unspecified atom stereocenters. The zero-order valence-corrected chi connectivity index (χ0v) is 17.3. The van der Waals surface area contributed by atoms with Crippen molar-refractivity contribution in [2.75, 3.05) is 7.11 Å². The Hall–Kier alpha value is -2.93. The highest BCUT2D eigenvalue weighted by atomic mass is 127. The minimum Gasteiger partial charge on any atom is -0.495 e. The number of benzene rings is 3. The lowest BCUT2D eigenvalue weighted by atomic mass is 10.2. The van der Waals surface area contributed by atoms with Crippen molar-refractivity contribution >= 4 is 45.6 Å². The van der Waals surface area contributed by atoms with Gasteiger partial charge >= 0.3 is 0 Å². The van der Waals surface area contributed by atoms with E-state index in [0.29, 0.717) is 28.2 Å². The molecular weight excluding hydrogens is 463 g/mol. The molecule has 1 aromatic heterocycles. The van der Waals surface area contributed by atoms with Gasteiger partial charge < -0.3 is 4.74 Å². The van der Waals surface area contributed by atoms with Gasteiger partial charge in [-0.2, -0.15) is 0 Å². The second-order valence-corrected chi connectivity index (χ2v) is 7.43. The number of ether oxygens (including phenoxy) is 1. The van der Waals surface area contributed by atoms with Crippen LogP contribution >= 0.6 is 22.6 Å². The lowest BCUT2D eigenvalue weighted by molar-refractivity contribution is 0.412. The van der Waals surface area contributed by atoms with E-state index < -0.39 is 0 Å². The van der Waals surface area contributed by atoms with E-state index in [-0.39, 0.29) is 5.56 Å². The summed E-state index contributed by atoms with van der Waals surface area (Å²) in [6.45, 7) is 0. The van der Waals surface area contributed by atoms with Crippen molar-refractivity contribution in [1.82, 2.24) is 9.55 Å². The number of methoxy groups -OCH3 is 1. The van der Waals surface area contributed by atoms with E-state index in [1.54, 1.807) is 11.7 Å². The van der Waals surface area contributed by atoms with Gasteiger partial charge in [-0.25, -0.2) is 4.98 Å². The highest BCUT2D eigenvalue weighted by Gasteiger charge is 2.14. The second-order valence-electron chi connectivity index (χ2n) is 6.19. The van der Waals surface area contributed by atoms with Gasteiger partial charge in [0.25, 0.3) is 5.56 Å². The number of halogens is 1. The van der Waals surface area contributed by atoms with Gasteiger partial charge in [0, 0.05) is 3.57 Å². The summed E-state index contributed by atoms with van der Waals surface area (Å²) in [4.78, 5) is 18.2. The molecule has 138 valence electrons. The Morgan fingerprint density at radius 1 is 0.964 bits per heavy atom. The highest BCUT2D eigenvalue weighted by Crippen LogP contribution is 2.24. The van der Waals surface area contributed by atoms with Gasteiger partial charge in [-0.15, -0.1) is 0 Å². The summed E-state index contributed by atoms with van der Waals surface area (Å²) >= 11 is 2.20. The topological polar surface area (TPSA) is 44.1 Å². The molecule has 3 aromatic carbocycles. The third-order valence-corrected chi connectivity index (χ3v) is 5.08. The van der Waals surface area contributed by atoms with E-state index in [4.69, 9.17) is 9.72 Å². The van der Waals surface area contributed by atoms with Gasteiger partial charge in [0.2, 0.25) is 0 Å². The fraction of sp³-hybridized carbons (Fsp3) is 0.0435. The molecule has 0 amide bonds. The molecule has 4 rings (SSSR count). The zero-order valence-electron chi connectivity index (χ0n) is 15.2. The lowest BCUT2D eigenvalue weighted by Gasteiger charge is -2.14. The predicted octanol–water partition coefficient (Wildman–Crippen LogP) is 5.17. The molecule has 0 saturated heterocycles. The van der Waals surface area contributed by atoms with Crippen molar-refractivity contribution in [1.29, 1.82) is 0 Å². The van der Waals surface area contributed by atoms with E-state index >= 15 is 0 Å². The molecule has 0 fully saturated rings. The average Bonchev–Trinajstić information content (AvgIpc) is 2.73. The molecule has 4 aromatic rings. The van der Waals surface area contributed by atoms with Crippen LogP contribution in [0.4, 0.5) is 0 Å². The van der Waals surface area contributed by atoms with Gasteiger partial charge in [0.15, 0.2) is 0 Å². The van der Waals surface area contributed by atoms with Crippen LogP contribution in [0.5, 0.6) is 5.75 Å². The third-order valence-electron chi connectivity index (χ3n) is 4.41. The van der Waals surface area contributed by atoms with Crippen LogP contribution in [0.1, 0.15) is 11.4 Å². The van der Waals surface area contributed by atoms with Crippen LogP contribution in [-0.2, 0) is 0 Å². The third kappa shape index (κ3) is 3.57. The van der Waals surface area contributed by atoms with Crippen LogP contribution in [-0.4, -0.2) is 16.7 Å². The van der Waals surface area contributed by atoms with E-state index in [2.05, 4.69) is 22.6 Å². The van der Waals surface area contributed by atoms with Crippen LogP contribution < -0.4 is 10.3 Å². The van der Waals surface area contributed by atoms with Crippen LogP contribution in [0.15, 0.2) is 77.6 Å². The van der Waals surface area contributed by atoms with Crippen LogP contribution in [0, 0.1) is 3.57 Å². The molecule has 5 heteroatoms. The fourth-order valence-electron chi connectivity index (χ4n) is 3.07. The Balaban J connectivity index is 2.01. The summed E-state index contributed by atoms with van der Waals surface area (Å²) in [5.41, 5.74) is 2.24. The molecule has 0 aliphatic rings. The number of aromatic nitrogens is 2. The monoisotopic (exact) mass is 480 g/mol. The van der Waals surface area contributed by atoms with Gasteiger partial charge in [-0.1, -0.05) is 48.5 Å². The fourth-order valence-corrected chi connectivity index (χ4v) is 3.56. The van der Waals surface area contributed by atoms with E-state index in [1.165, 1.54) is 0 Å². The Morgan fingerprint density at radius 2 is 1.71 bits per heavy atom. The molecule has 0 N–H and O–H groups in total. The van der Waals surface area contributed by atoms with Crippen LogP contribution in [0.3, 0.4) is 0 Å². The van der Waals surface area contributed by atoms with E-state index in [1.807, 2.05) is 84.9 Å². The van der Waals surface area contributed by atoms with Crippen molar-refractivity contribution in [3.05, 3.63) is 98.1 Å². The second kappa shape index (κ2) is 7.98. The van der Waals surface area contributed by atoms with Crippen molar-refractivity contribution in [2.45, 2.75) is 0 Å². The number of nitrogens with zero attached hydrogens (tertiary/aromatic N) is 2. The minimum absolute atomic E-state index is 0.124. The van der Waals surface area contributed by atoms with E-state index in [0.717, 1.165) is 9.13 Å². The highest BCUT2D eigenvalue weighted by molar-refractivity contribution is 14.1. The maximum atomic E-state index is 13.4. The molecule has 0 radical (unpaired) electrons. The summed E-state index contributed by atoms with van der Waals surface area (Å²) in [6.07, 6.45) is 3.81. The smallest absolute Gasteiger partial charge is 0.266 e. The Morgan fingerprint density at radius 3 is 2.50 bits per heavy atom. The van der Waals surface area contributed by atoms with Crippen molar-refractivity contribution in [3.63, 3.8) is 0 Å². The summed E-state index contributed by atoms with van der Waals surface area (Å²) in [5.74, 6) is 1.16. The van der Waals surface area contributed by atoms with Gasteiger partial charge in [-0.3, -0.25) is 9.36 Å². The summed E-state index contributed by atoms with van der Waals surface area (Å²) in [6, 6.07) is 23.1. The Bertz CT molecular complexity index is 1230. The van der Waals surface area contributed by atoms with E-state index in [9.17, 15) is 4.79 Å². The molecule has 28 heavy (non-hydrogen) atoms. The first-order valence-corrected chi connectivity index (χ1v) is 9.84. The standard InChI is InChI=1S/C23H17IN2O2/c1-28-21-10-6-5-9-20(21)26-22(14-11-16-7-3-2-4-8-16)25-19-13-12-17(24)15-18(19)23(26)27/h2-15H,1H3. The summed E-state index contributed by atoms with van der Waals surface area (Å²) in [5, 5.41) is 0.578. The summed E-state index contributed by atoms with van der Waals surface area (Å²) in [7, 11) is 1.60. The molecule has 4 nitrogen and oxygen atoms in total. The van der Waals surface area contributed by atoms with Gasteiger partial charge in [-0.05, 0) is 64.6 Å². The normalized spacial score (nSPS) is 11.2. The van der Waals surface area contributed by atoms with Crippen molar-refractivity contribution in [2.24, 2.45) is 0 Å². The summed E-state index contributed by atoms with van der Waals surface area (Å²) < 4.78 is 8.09. The first-order valence-electron chi connectivity index (χ1n) is 8.76. The van der Waals surface area contributed by atoms with Crippen LogP contribution in [0.2, 0.25) is 0 Å². The molecule has 0 aliphatic heterocycles. The van der Waals surface area contributed by atoms with Gasteiger partial charge in [0.05, 0.1) is 23.7 Å². The Labute approximate surface area is 176 Å². The molecule has 0 aliphatic carbocycles. The minimum atomic E-state index is -0.124. The Kier molecular flexibility index (Phi) is 5.25. The molecule has 1 heterocycles. The van der Waals surface area contributed by atoms with Crippen molar-refractivity contribution < 1.29 is 4.74 Å². The maximum Gasteiger partial charge on any atom is 0.266 e. The lowest BCUT2D eigenvalue weighted by Crippen LogP contribution is -2.23. The molecular formula is C23H17IN2O2. The molecule has 0 spiro atoms. The van der Waals surface area contributed by atoms with Crippen LogP contribution in [0.25, 0.3) is 28.7 Å². The maximum absolute atomic E-state index is 13.4. The molecule has 0 bridgehead atoms. The number of hydrogen-bond acceptors (Lipinski definition) is 3. The SMILES string of the molecule is COc1ccccc1-n1c(C=Cc2ccccc2)nc2ccc(I)cc2c1=O. The first-order chi connectivity index (χ1) is 13.7. The molecule has 0 saturated carbocycles. The number of rotatable bonds is 4. The predicted molar refractivity (Wildman–Crippen MR) is 122 cm³/mol.